The molecule has 34 heavy (non-hydrogen) atoms. The third-order valence-corrected chi connectivity index (χ3v) is 6.81. The normalized spacial score (nSPS) is 11.4. The third-order valence-electron chi connectivity index (χ3n) is 6.81. The van der Waals surface area contributed by atoms with Crippen molar-refractivity contribution in [3.63, 3.8) is 0 Å². The second-order valence-electron chi connectivity index (χ2n) is 10.1. The van der Waals surface area contributed by atoms with Crippen LogP contribution in [-0.2, 0) is 0 Å². The Labute approximate surface area is 209 Å². The average molecular weight is 479 g/mol. The summed E-state index contributed by atoms with van der Waals surface area (Å²) in [4.78, 5) is 23.6. The topological polar surface area (TPSA) is 52.6 Å². The average Bonchev–Trinajstić information content (AvgIpc) is 2.85. The smallest absolute Gasteiger partial charge is 0.275 e. The van der Waals surface area contributed by atoms with Crippen molar-refractivity contribution in [2.45, 2.75) is 155 Å². The van der Waals surface area contributed by atoms with E-state index in [9.17, 15) is 9.59 Å². The number of ether oxygens (including phenoxy) is 2. The first kappa shape index (κ1) is 30.7. The predicted molar refractivity (Wildman–Crippen MR) is 145 cm³/mol. The van der Waals surface area contributed by atoms with Crippen molar-refractivity contribution in [3.8, 4) is 11.5 Å². The molecule has 1 aromatic rings. The third kappa shape index (κ3) is 14.8. The predicted octanol–water partition coefficient (Wildman–Crippen LogP) is 8.66. The molecule has 1 rings (SSSR count). The van der Waals surface area contributed by atoms with Crippen LogP contribution in [0, 0.1) is 0 Å². The van der Waals surface area contributed by atoms with Gasteiger partial charge >= 0.3 is 0 Å². The lowest BCUT2D eigenvalue weighted by Crippen LogP contribution is -2.34. The molecule has 0 aromatic heterocycles. The number of hydrogen-bond donors (Lipinski definition) is 0. The molecule has 4 heteroatoms. The molecule has 0 unspecified atom stereocenters. The van der Waals surface area contributed by atoms with Gasteiger partial charge in [-0.05, 0) is 12.8 Å². The summed E-state index contributed by atoms with van der Waals surface area (Å²) in [5.74, 6) is 0.334. The van der Waals surface area contributed by atoms with Crippen LogP contribution in [0.25, 0.3) is 0 Å². The Bertz CT molecular complexity index is 589. The van der Waals surface area contributed by atoms with Gasteiger partial charge in [0.2, 0.25) is 11.5 Å². The molecular formula is C30H54O4. The molecule has 1 aromatic carbocycles. The molecule has 0 saturated heterocycles. The molecule has 198 valence electrons. The number of unbranched alkanes of at least 4 members (excludes halogenated alkanes) is 20. The van der Waals surface area contributed by atoms with Crippen LogP contribution in [0.4, 0.5) is 0 Å². The first-order valence-electron chi connectivity index (χ1n) is 14.8. The second-order valence-corrected chi connectivity index (χ2v) is 10.1. The lowest BCUT2D eigenvalue weighted by molar-refractivity contribution is 0.247. The minimum Gasteiger partial charge on any atom is -0.486 e. The Balaban J connectivity index is 1.97. The highest BCUT2D eigenvalue weighted by Crippen LogP contribution is 2.21. The zero-order valence-corrected chi connectivity index (χ0v) is 22.6. The van der Waals surface area contributed by atoms with Gasteiger partial charge in [0, 0.05) is 0 Å². The largest absolute Gasteiger partial charge is 0.486 e. The molecule has 0 atom stereocenters. The van der Waals surface area contributed by atoms with E-state index in [2.05, 4.69) is 13.8 Å². The minimum absolute atomic E-state index is 0.167. The first-order valence-corrected chi connectivity index (χ1v) is 14.8. The van der Waals surface area contributed by atoms with Crippen LogP contribution in [0.5, 0.6) is 11.5 Å². The zero-order valence-electron chi connectivity index (χ0n) is 22.6. The van der Waals surface area contributed by atoms with E-state index >= 15 is 0 Å². The summed E-state index contributed by atoms with van der Waals surface area (Å²) in [7, 11) is 0. The maximum absolute atomic E-state index is 11.8. The Morgan fingerprint density at radius 3 is 0.882 bits per heavy atom. The second kappa shape index (κ2) is 22.2. The van der Waals surface area contributed by atoms with Crippen LogP contribution in [-0.4, -0.2) is 13.2 Å². The summed E-state index contributed by atoms with van der Waals surface area (Å²) in [6.45, 7) is 5.51. The van der Waals surface area contributed by atoms with Crippen molar-refractivity contribution in [3.05, 3.63) is 20.4 Å². The van der Waals surface area contributed by atoms with E-state index in [-0.39, 0.29) is 11.5 Å². The number of hydrogen-bond acceptors (Lipinski definition) is 4. The molecule has 0 aliphatic rings. The van der Waals surface area contributed by atoms with Crippen molar-refractivity contribution >= 4 is 0 Å². The summed E-state index contributed by atoms with van der Waals surface area (Å²) in [6.07, 6.45) is 28.0. The number of rotatable bonds is 26. The van der Waals surface area contributed by atoms with Gasteiger partial charge in [-0.3, -0.25) is 9.59 Å². The monoisotopic (exact) mass is 478 g/mol. The molecule has 4 nitrogen and oxygen atoms in total. The van der Waals surface area contributed by atoms with Crippen LogP contribution < -0.4 is 20.3 Å². The molecule has 0 aliphatic carbocycles. The van der Waals surface area contributed by atoms with Crippen LogP contribution >= 0.6 is 0 Å². The van der Waals surface area contributed by atoms with Crippen molar-refractivity contribution in [1.82, 2.24) is 0 Å². The van der Waals surface area contributed by atoms with Gasteiger partial charge in [0.15, 0.2) is 0 Å². The SMILES string of the molecule is CCCCCCCCCCCCCOc1c(OCCCCCCCCCCCCC)c(=O)c1=O. The highest BCUT2D eigenvalue weighted by Gasteiger charge is 2.24. The lowest BCUT2D eigenvalue weighted by atomic mass is 10.1. The summed E-state index contributed by atoms with van der Waals surface area (Å²) in [6, 6.07) is 0. The van der Waals surface area contributed by atoms with Gasteiger partial charge in [0.1, 0.15) is 0 Å². The standard InChI is InChI=1S/C30H54O4/c1-3-5-7-9-11-13-15-17-19-21-23-25-33-29-27(31)28(32)30(29)34-26-24-22-20-18-16-14-12-10-8-6-4-2/h3-26H2,1-2H3. The van der Waals surface area contributed by atoms with Gasteiger partial charge in [-0.1, -0.05) is 142 Å². The quantitative estimate of drug-likeness (QED) is 0.0987. The molecule has 0 fully saturated rings. The van der Waals surface area contributed by atoms with E-state index in [1.807, 2.05) is 0 Å². The maximum Gasteiger partial charge on any atom is 0.275 e. The van der Waals surface area contributed by atoms with Gasteiger partial charge < -0.3 is 9.47 Å². The summed E-state index contributed by atoms with van der Waals surface area (Å²) >= 11 is 0. The van der Waals surface area contributed by atoms with Crippen LogP contribution in [0.2, 0.25) is 0 Å². The fourth-order valence-electron chi connectivity index (χ4n) is 4.49. The van der Waals surface area contributed by atoms with Crippen molar-refractivity contribution < 1.29 is 9.47 Å². The highest BCUT2D eigenvalue weighted by atomic mass is 16.5. The van der Waals surface area contributed by atoms with Gasteiger partial charge in [-0.2, -0.15) is 0 Å². The van der Waals surface area contributed by atoms with Crippen molar-refractivity contribution in [1.29, 1.82) is 0 Å². The van der Waals surface area contributed by atoms with Crippen molar-refractivity contribution in [2.75, 3.05) is 13.2 Å². The Morgan fingerprint density at radius 2 is 0.618 bits per heavy atom. The molecule has 0 bridgehead atoms. The van der Waals surface area contributed by atoms with Crippen molar-refractivity contribution in [2.24, 2.45) is 0 Å². The molecular weight excluding hydrogens is 424 g/mol. The van der Waals surface area contributed by atoms with Crippen LogP contribution in [0.3, 0.4) is 0 Å². The Kier molecular flexibility index (Phi) is 20.0. The maximum atomic E-state index is 11.8. The van der Waals surface area contributed by atoms with Crippen LogP contribution in [0.1, 0.15) is 155 Å². The van der Waals surface area contributed by atoms with Gasteiger partial charge in [-0.25, -0.2) is 0 Å². The molecule has 0 heterocycles. The van der Waals surface area contributed by atoms with Gasteiger partial charge in [0.25, 0.3) is 10.9 Å². The Morgan fingerprint density at radius 1 is 0.382 bits per heavy atom. The van der Waals surface area contributed by atoms with E-state index in [1.54, 1.807) is 0 Å². The summed E-state index contributed by atoms with van der Waals surface area (Å²) < 4.78 is 11.2. The van der Waals surface area contributed by atoms with Gasteiger partial charge in [-0.15, -0.1) is 0 Å². The first-order chi connectivity index (χ1) is 16.7. The van der Waals surface area contributed by atoms with E-state index in [0.29, 0.717) is 13.2 Å². The Hall–Kier alpha value is -1.32. The summed E-state index contributed by atoms with van der Waals surface area (Å²) in [5, 5.41) is 0. The molecule has 0 N–H and O–H groups in total. The zero-order chi connectivity index (χ0) is 24.7. The summed E-state index contributed by atoms with van der Waals surface area (Å²) in [5.41, 5.74) is -1.03. The van der Waals surface area contributed by atoms with Gasteiger partial charge in [0.05, 0.1) is 13.2 Å². The fraction of sp³-hybridized carbons (Fsp3) is 0.867. The molecule has 0 aliphatic heterocycles. The van der Waals surface area contributed by atoms with E-state index in [4.69, 9.17) is 9.47 Å². The fourth-order valence-corrected chi connectivity index (χ4v) is 4.49. The van der Waals surface area contributed by atoms with E-state index < -0.39 is 10.9 Å². The van der Waals surface area contributed by atoms with Crippen LogP contribution in [0.15, 0.2) is 9.59 Å². The molecule has 0 saturated carbocycles. The minimum atomic E-state index is -0.517. The molecule has 0 radical (unpaired) electrons. The lowest BCUT2D eigenvalue weighted by Gasteiger charge is -2.13. The highest BCUT2D eigenvalue weighted by molar-refractivity contribution is 5.45. The van der Waals surface area contributed by atoms with E-state index in [0.717, 1.165) is 25.7 Å². The molecule has 0 spiro atoms. The molecule has 0 amide bonds. The van der Waals surface area contributed by atoms with E-state index in [1.165, 1.54) is 116 Å².